The Hall–Kier alpha value is -2.80. The molecule has 0 aliphatic carbocycles. The van der Waals surface area contributed by atoms with Crippen LogP contribution in [0.2, 0.25) is 0 Å². The summed E-state index contributed by atoms with van der Waals surface area (Å²) < 4.78 is 5.25. The van der Waals surface area contributed by atoms with Gasteiger partial charge in [0.2, 0.25) is 0 Å². The average Bonchev–Trinajstić information content (AvgIpc) is 3.50. The molecule has 0 unspecified atom stereocenters. The number of rotatable bonds is 7. The Kier molecular flexibility index (Phi) is 6.84. The highest BCUT2D eigenvalue weighted by Crippen LogP contribution is 2.29. The molecule has 1 aromatic carbocycles. The summed E-state index contributed by atoms with van der Waals surface area (Å²) >= 11 is 1.64. The summed E-state index contributed by atoms with van der Waals surface area (Å²) in [6, 6.07) is 13.5. The van der Waals surface area contributed by atoms with Gasteiger partial charge in [-0.15, -0.1) is 0 Å². The van der Waals surface area contributed by atoms with E-state index in [0.29, 0.717) is 12.1 Å². The van der Waals surface area contributed by atoms with Crippen molar-refractivity contribution in [3.63, 3.8) is 0 Å². The monoisotopic (exact) mass is 450 g/mol. The van der Waals surface area contributed by atoms with Gasteiger partial charge in [-0.3, -0.25) is 4.79 Å². The van der Waals surface area contributed by atoms with Crippen LogP contribution >= 0.6 is 11.8 Å². The molecule has 168 valence electrons. The molecule has 1 amide bonds. The lowest BCUT2D eigenvalue weighted by Crippen LogP contribution is -2.22. The number of hydrogen-bond acceptors (Lipinski definition) is 6. The van der Waals surface area contributed by atoms with E-state index in [1.807, 2.05) is 36.4 Å². The Morgan fingerprint density at radius 1 is 1.12 bits per heavy atom. The lowest BCUT2D eigenvalue weighted by molar-refractivity contribution is 0.0948. The van der Waals surface area contributed by atoms with Crippen molar-refractivity contribution in [2.75, 3.05) is 18.0 Å². The summed E-state index contributed by atoms with van der Waals surface area (Å²) in [6.45, 7) is 9.07. The molecule has 1 aliphatic rings. The molecule has 1 aliphatic heterocycles. The van der Waals surface area contributed by atoms with Crippen LogP contribution in [0, 0.1) is 0 Å². The molecule has 4 rings (SSSR count). The first-order chi connectivity index (χ1) is 15.4. The van der Waals surface area contributed by atoms with Crippen LogP contribution in [0.25, 0.3) is 0 Å². The molecule has 0 radical (unpaired) electrons. The number of carbonyl (C=O) groups is 1. The zero-order valence-electron chi connectivity index (χ0n) is 18.9. The fourth-order valence-corrected chi connectivity index (χ4v) is 4.36. The molecule has 1 fully saturated rings. The Balaban J connectivity index is 1.40. The zero-order valence-corrected chi connectivity index (χ0v) is 19.7. The minimum Gasteiger partial charge on any atom is -0.467 e. The number of nitrogens with one attached hydrogen (secondary N) is 1. The van der Waals surface area contributed by atoms with Crippen molar-refractivity contribution < 1.29 is 9.21 Å². The van der Waals surface area contributed by atoms with Crippen molar-refractivity contribution in [3.8, 4) is 0 Å². The highest BCUT2D eigenvalue weighted by molar-refractivity contribution is 7.98. The summed E-state index contributed by atoms with van der Waals surface area (Å²) in [4.78, 5) is 24.4. The van der Waals surface area contributed by atoms with Crippen LogP contribution in [0.4, 0.5) is 5.82 Å². The second-order valence-electron chi connectivity index (χ2n) is 9.09. The number of amides is 1. The molecule has 1 N–H and O–H groups in total. The maximum absolute atomic E-state index is 12.3. The van der Waals surface area contributed by atoms with Gasteiger partial charge in [0.1, 0.15) is 11.6 Å². The van der Waals surface area contributed by atoms with Crippen molar-refractivity contribution in [2.45, 2.75) is 56.5 Å². The fraction of sp³-hybridized carbons (Fsp3) is 0.400. The second kappa shape index (κ2) is 9.77. The number of furan rings is 1. The molecule has 7 heteroatoms. The third kappa shape index (κ3) is 5.71. The van der Waals surface area contributed by atoms with Crippen LogP contribution in [0.15, 0.2) is 58.3 Å². The molecule has 6 nitrogen and oxygen atoms in total. The summed E-state index contributed by atoms with van der Waals surface area (Å²) in [7, 11) is 0. The van der Waals surface area contributed by atoms with Crippen LogP contribution in [-0.4, -0.2) is 29.0 Å². The zero-order chi connectivity index (χ0) is 22.6. The van der Waals surface area contributed by atoms with Gasteiger partial charge in [0, 0.05) is 35.9 Å². The molecule has 2 aromatic heterocycles. The number of carbonyl (C=O) groups excluding carboxylic acids is 1. The number of thioether (sulfide) groups is 1. The standard InChI is InChI=1S/C25H30N4O2S/c1-25(2,3)21-15-22(29-12-4-5-13-29)28-24(27-21)32-17-18-8-10-19(11-9-18)23(30)26-16-20-7-6-14-31-20/h6-11,14-15H,4-5,12-13,16-17H2,1-3H3,(H,26,30). The van der Waals surface area contributed by atoms with Crippen LogP contribution in [0.1, 0.15) is 61.0 Å². The molecule has 0 spiro atoms. The maximum Gasteiger partial charge on any atom is 0.251 e. The number of benzene rings is 1. The SMILES string of the molecule is CC(C)(C)c1cc(N2CCCC2)nc(SCc2ccc(C(=O)NCc3ccco3)cc2)n1. The summed E-state index contributed by atoms with van der Waals surface area (Å²) in [5, 5.41) is 3.67. The predicted octanol–water partition coefficient (Wildman–Crippen LogP) is 5.19. The van der Waals surface area contributed by atoms with Gasteiger partial charge < -0.3 is 14.6 Å². The molecule has 0 atom stereocenters. The summed E-state index contributed by atoms with van der Waals surface area (Å²) in [5.41, 5.74) is 2.80. The third-order valence-corrected chi connectivity index (χ3v) is 6.40. The fourth-order valence-electron chi connectivity index (χ4n) is 3.55. The predicted molar refractivity (Wildman–Crippen MR) is 128 cm³/mol. The van der Waals surface area contributed by atoms with Gasteiger partial charge in [0.05, 0.1) is 18.5 Å². The molecule has 0 bridgehead atoms. The van der Waals surface area contributed by atoms with Crippen molar-refractivity contribution in [2.24, 2.45) is 0 Å². The average molecular weight is 451 g/mol. The van der Waals surface area contributed by atoms with Crippen molar-refractivity contribution in [3.05, 3.63) is 71.3 Å². The Labute approximate surface area is 193 Å². The van der Waals surface area contributed by atoms with E-state index in [9.17, 15) is 4.79 Å². The maximum atomic E-state index is 12.3. The topological polar surface area (TPSA) is 71.3 Å². The van der Waals surface area contributed by atoms with E-state index in [1.54, 1.807) is 18.0 Å². The van der Waals surface area contributed by atoms with Crippen LogP contribution in [0.5, 0.6) is 0 Å². The van der Waals surface area contributed by atoms with E-state index in [2.05, 4.69) is 37.1 Å². The van der Waals surface area contributed by atoms with Crippen molar-refractivity contribution >= 4 is 23.5 Å². The van der Waals surface area contributed by atoms with E-state index < -0.39 is 0 Å². The molecule has 0 saturated carbocycles. The van der Waals surface area contributed by atoms with Crippen LogP contribution in [0.3, 0.4) is 0 Å². The van der Waals surface area contributed by atoms with Gasteiger partial charge in [0.25, 0.3) is 5.91 Å². The van der Waals surface area contributed by atoms with Crippen molar-refractivity contribution in [1.29, 1.82) is 0 Å². The second-order valence-corrected chi connectivity index (χ2v) is 10.0. The minimum atomic E-state index is -0.114. The van der Waals surface area contributed by atoms with E-state index in [-0.39, 0.29) is 11.3 Å². The lowest BCUT2D eigenvalue weighted by atomic mass is 9.92. The largest absolute Gasteiger partial charge is 0.467 e. The smallest absolute Gasteiger partial charge is 0.251 e. The first-order valence-corrected chi connectivity index (χ1v) is 12.0. The Bertz CT molecular complexity index is 1040. The van der Waals surface area contributed by atoms with Gasteiger partial charge in [-0.2, -0.15) is 0 Å². The van der Waals surface area contributed by atoms with E-state index >= 15 is 0 Å². The first kappa shape index (κ1) is 22.4. The minimum absolute atomic E-state index is 0.0304. The van der Waals surface area contributed by atoms with E-state index in [4.69, 9.17) is 14.4 Å². The molecule has 32 heavy (non-hydrogen) atoms. The molecular formula is C25H30N4O2S. The molecule has 3 heterocycles. The molecular weight excluding hydrogens is 420 g/mol. The van der Waals surface area contributed by atoms with E-state index in [1.165, 1.54) is 12.8 Å². The van der Waals surface area contributed by atoms with Crippen LogP contribution < -0.4 is 10.2 Å². The van der Waals surface area contributed by atoms with Gasteiger partial charge in [-0.05, 0) is 42.7 Å². The van der Waals surface area contributed by atoms with Gasteiger partial charge in [-0.25, -0.2) is 9.97 Å². The number of aromatic nitrogens is 2. The first-order valence-electron chi connectivity index (χ1n) is 11.1. The summed E-state index contributed by atoms with van der Waals surface area (Å²) in [6.07, 6.45) is 4.04. The van der Waals surface area contributed by atoms with Gasteiger partial charge in [-0.1, -0.05) is 44.7 Å². The van der Waals surface area contributed by atoms with E-state index in [0.717, 1.165) is 46.8 Å². The van der Waals surface area contributed by atoms with Crippen molar-refractivity contribution in [1.82, 2.24) is 15.3 Å². The lowest BCUT2D eigenvalue weighted by Gasteiger charge is -2.23. The van der Waals surface area contributed by atoms with Gasteiger partial charge >= 0.3 is 0 Å². The van der Waals surface area contributed by atoms with Crippen LogP contribution in [-0.2, 0) is 17.7 Å². The normalized spacial score (nSPS) is 14.0. The number of hydrogen-bond donors (Lipinski definition) is 1. The molecule has 3 aromatic rings. The van der Waals surface area contributed by atoms with Gasteiger partial charge in [0.15, 0.2) is 5.16 Å². The highest BCUT2D eigenvalue weighted by atomic mass is 32.2. The third-order valence-electron chi connectivity index (χ3n) is 5.48. The Morgan fingerprint density at radius 3 is 2.53 bits per heavy atom. The number of anilines is 1. The molecule has 1 saturated heterocycles. The highest BCUT2D eigenvalue weighted by Gasteiger charge is 2.21. The number of nitrogens with zero attached hydrogens (tertiary/aromatic N) is 3. The summed E-state index contributed by atoms with van der Waals surface area (Å²) in [5.74, 6) is 2.41. The quantitative estimate of drug-likeness (QED) is 0.395. The Morgan fingerprint density at radius 2 is 1.88 bits per heavy atom.